The molecule has 29 heavy (non-hydrogen) atoms. The van der Waals surface area contributed by atoms with Crippen molar-refractivity contribution < 1.29 is 13.9 Å². The Morgan fingerprint density at radius 2 is 1.93 bits per heavy atom. The Balaban J connectivity index is 1.37. The highest BCUT2D eigenvalue weighted by molar-refractivity contribution is 7.14. The van der Waals surface area contributed by atoms with Gasteiger partial charge in [0.1, 0.15) is 11.3 Å². The van der Waals surface area contributed by atoms with Crippen LogP contribution in [0.3, 0.4) is 0 Å². The van der Waals surface area contributed by atoms with Crippen LogP contribution in [0, 0.1) is 0 Å². The molecule has 0 saturated carbocycles. The third-order valence-electron chi connectivity index (χ3n) is 4.37. The molecule has 0 unspecified atom stereocenters. The van der Waals surface area contributed by atoms with Gasteiger partial charge in [0.2, 0.25) is 0 Å². The van der Waals surface area contributed by atoms with Crippen molar-refractivity contribution in [1.29, 1.82) is 0 Å². The van der Waals surface area contributed by atoms with Crippen LogP contribution in [0.4, 0.5) is 5.13 Å². The molecule has 0 saturated heterocycles. The fraction of sp³-hybridized carbons (Fsp3) is 0.136. The second-order valence-corrected chi connectivity index (χ2v) is 7.24. The van der Waals surface area contributed by atoms with E-state index >= 15 is 0 Å². The smallest absolute Gasteiger partial charge is 0.336 e. The highest BCUT2D eigenvalue weighted by atomic mass is 32.1. The minimum absolute atomic E-state index is 0.178. The lowest BCUT2D eigenvalue weighted by molar-refractivity contribution is -0.118. The number of fused-ring (bicyclic) bond motifs is 1. The standard InChI is InChI=1S/C22H18N2O4S/c1-2-14-3-5-15(6-4-14)18-13-29-22(23-18)24-20(25)12-27-17-9-7-16-8-10-21(26)28-19(16)11-17/h3-11,13H,2,12H2,1H3,(H,23,24,25). The van der Waals surface area contributed by atoms with E-state index in [9.17, 15) is 9.59 Å². The number of anilines is 1. The van der Waals surface area contributed by atoms with E-state index in [2.05, 4.69) is 29.4 Å². The quantitative estimate of drug-likeness (QED) is 0.477. The van der Waals surface area contributed by atoms with Gasteiger partial charge in [0.15, 0.2) is 11.7 Å². The average molecular weight is 406 g/mol. The van der Waals surface area contributed by atoms with Crippen molar-refractivity contribution in [2.24, 2.45) is 0 Å². The summed E-state index contributed by atoms with van der Waals surface area (Å²) in [4.78, 5) is 28.0. The van der Waals surface area contributed by atoms with Crippen LogP contribution in [0.5, 0.6) is 5.75 Å². The van der Waals surface area contributed by atoms with Gasteiger partial charge in [-0.05, 0) is 30.2 Å². The number of thiazole rings is 1. The first-order valence-electron chi connectivity index (χ1n) is 9.12. The molecule has 0 aliphatic carbocycles. The third kappa shape index (κ3) is 4.52. The molecule has 146 valence electrons. The van der Waals surface area contributed by atoms with Gasteiger partial charge in [-0.3, -0.25) is 10.1 Å². The maximum atomic E-state index is 12.2. The number of hydrogen-bond acceptors (Lipinski definition) is 6. The summed E-state index contributed by atoms with van der Waals surface area (Å²) in [5.41, 5.74) is 3.07. The molecule has 1 amide bonds. The third-order valence-corrected chi connectivity index (χ3v) is 5.13. The first kappa shape index (κ1) is 18.9. The summed E-state index contributed by atoms with van der Waals surface area (Å²) in [5.74, 6) is 0.125. The molecule has 0 bridgehead atoms. The SMILES string of the molecule is CCc1ccc(-c2csc(NC(=O)COc3ccc4ccc(=O)oc4c3)n2)cc1. The number of hydrogen-bond donors (Lipinski definition) is 1. The van der Waals surface area contributed by atoms with Crippen molar-refractivity contribution in [2.45, 2.75) is 13.3 Å². The molecule has 6 nitrogen and oxygen atoms in total. The molecule has 2 heterocycles. The monoisotopic (exact) mass is 406 g/mol. The number of rotatable bonds is 6. The van der Waals surface area contributed by atoms with Crippen molar-refractivity contribution in [2.75, 3.05) is 11.9 Å². The molecule has 4 aromatic rings. The highest BCUT2D eigenvalue weighted by Gasteiger charge is 2.09. The Morgan fingerprint density at radius 1 is 1.14 bits per heavy atom. The fourth-order valence-electron chi connectivity index (χ4n) is 2.81. The molecule has 2 aromatic heterocycles. The molecule has 1 N–H and O–H groups in total. The summed E-state index contributed by atoms with van der Waals surface area (Å²) in [7, 11) is 0. The molecule has 0 atom stereocenters. The van der Waals surface area contributed by atoms with Crippen molar-refractivity contribution in [1.82, 2.24) is 4.98 Å². The second-order valence-electron chi connectivity index (χ2n) is 6.38. The lowest BCUT2D eigenvalue weighted by Crippen LogP contribution is -2.20. The Hall–Kier alpha value is -3.45. The van der Waals surface area contributed by atoms with Crippen LogP contribution in [0.25, 0.3) is 22.2 Å². The van der Waals surface area contributed by atoms with Crippen LogP contribution in [0.1, 0.15) is 12.5 Å². The minimum atomic E-state index is -0.434. The summed E-state index contributed by atoms with van der Waals surface area (Å²) in [5, 5.41) is 5.94. The fourth-order valence-corrected chi connectivity index (χ4v) is 3.55. The van der Waals surface area contributed by atoms with Gasteiger partial charge in [0, 0.05) is 28.5 Å². The maximum absolute atomic E-state index is 12.2. The Bertz CT molecular complexity index is 1210. The number of benzene rings is 2. The van der Waals surface area contributed by atoms with E-state index in [1.165, 1.54) is 23.0 Å². The first-order chi connectivity index (χ1) is 14.1. The molecule has 7 heteroatoms. The summed E-state index contributed by atoms with van der Waals surface area (Å²) in [6.07, 6.45) is 0.988. The number of nitrogens with zero attached hydrogens (tertiary/aromatic N) is 1. The van der Waals surface area contributed by atoms with E-state index in [1.807, 2.05) is 17.5 Å². The zero-order chi connectivity index (χ0) is 20.2. The first-order valence-corrected chi connectivity index (χ1v) is 10.00. The second kappa shape index (κ2) is 8.28. The summed E-state index contributed by atoms with van der Waals surface area (Å²) in [6.45, 7) is 1.93. The summed E-state index contributed by atoms with van der Waals surface area (Å²) in [6, 6.07) is 16.3. The Morgan fingerprint density at radius 3 is 2.72 bits per heavy atom. The van der Waals surface area contributed by atoms with Gasteiger partial charge in [-0.1, -0.05) is 31.2 Å². The number of aryl methyl sites for hydroxylation is 1. The van der Waals surface area contributed by atoms with E-state index in [4.69, 9.17) is 9.15 Å². The molecular weight excluding hydrogens is 388 g/mol. The number of ether oxygens (including phenoxy) is 1. The van der Waals surface area contributed by atoms with Crippen LogP contribution in [0.15, 0.2) is 69.2 Å². The number of carbonyl (C=O) groups is 1. The van der Waals surface area contributed by atoms with Crippen molar-refractivity contribution in [3.8, 4) is 17.0 Å². The molecular formula is C22H18N2O4S. The predicted octanol–water partition coefficient (Wildman–Crippen LogP) is 4.50. The average Bonchev–Trinajstić information content (AvgIpc) is 3.20. The normalized spacial score (nSPS) is 10.8. The van der Waals surface area contributed by atoms with E-state index < -0.39 is 5.63 Å². The molecule has 0 aliphatic heterocycles. The minimum Gasteiger partial charge on any atom is -0.484 e. The molecule has 4 rings (SSSR count). The van der Waals surface area contributed by atoms with Gasteiger partial charge in [-0.15, -0.1) is 11.3 Å². The Kier molecular flexibility index (Phi) is 5.39. The van der Waals surface area contributed by atoms with Crippen molar-refractivity contribution >= 4 is 33.3 Å². The number of amides is 1. The molecule has 0 spiro atoms. The van der Waals surface area contributed by atoms with Crippen LogP contribution in [-0.4, -0.2) is 17.5 Å². The highest BCUT2D eigenvalue weighted by Crippen LogP contribution is 2.25. The van der Waals surface area contributed by atoms with E-state index in [0.717, 1.165) is 23.1 Å². The van der Waals surface area contributed by atoms with Crippen molar-refractivity contribution in [3.63, 3.8) is 0 Å². The lowest BCUT2D eigenvalue weighted by Gasteiger charge is -2.06. The molecule has 0 fully saturated rings. The van der Waals surface area contributed by atoms with Gasteiger partial charge < -0.3 is 9.15 Å². The van der Waals surface area contributed by atoms with Gasteiger partial charge in [0.05, 0.1) is 5.69 Å². The van der Waals surface area contributed by atoms with Crippen LogP contribution >= 0.6 is 11.3 Å². The number of carbonyl (C=O) groups excluding carboxylic acids is 1. The van der Waals surface area contributed by atoms with E-state index in [1.54, 1.807) is 24.3 Å². The zero-order valence-electron chi connectivity index (χ0n) is 15.7. The van der Waals surface area contributed by atoms with Gasteiger partial charge >= 0.3 is 5.63 Å². The predicted molar refractivity (Wildman–Crippen MR) is 114 cm³/mol. The topological polar surface area (TPSA) is 81.4 Å². The van der Waals surface area contributed by atoms with Crippen LogP contribution in [-0.2, 0) is 11.2 Å². The van der Waals surface area contributed by atoms with Gasteiger partial charge in [-0.2, -0.15) is 0 Å². The van der Waals surface area contributed by atoms with Crippen molar-refractivity contribution in [3.05, 3.63) is 76.0 Å². The van der Waals surface area contributed by atoms with E-state index in [-0.39, 0.29) is 12.5 Å². The molecule has 0 radical (unpaired) electrons. The number of aromatic nitrogens is 1. The van der Waals surface area contributed by atoms with E-state index in [0.29, 0.717) is 16.5 Å². The maximum Gasteiger partial charge on any atom is 0.336 e. The molecule has 2 aromatic carbocycles. The van der Waals surface area contributed by atoms with Gasteiger partial charge in [-0.25, -0.2) is 9.78 Å². The summed E-state index contributed by atoms with van der Waals surface area (Å²) >= 11 is 1.36. The number of nitrogens with one attached hydrogen (secondary N) is 1. The Labute approximate surface area is 170 Å². The zero-order valence-corrected chi connectivity index (χ0v) is 16.5. The lowest BCUT2D eigenvalue weighted by atomic mass is 10.1. The summed E-state index contributed by atoms with van der Waals surface area (Å²) < 4.78 is 10.6. The van der Waals surface area contributed by atoms with Crippen LogP contribution in [0.2, 0.25) is 0 Å². The van der Waals surface area contributed by atoms with Crippen LogP contribution < -0.4 is 15.7 Å². The molecule has 0 aliphatic rings. The van der Waals surface area contributed by atoms with Gasteiger partial charge in [0.25, 0.3) is 5.91 Å². The largest absolute Gasteiger partial charge is 0.484 e.